The van der Waals surface area contributed by atoms with Crippen LogP contribution in [0.15, 0.2) is 30.5 Å². The van der Waals surface area contributed by atoms with E-state index in [0.29, 0.717) is 17.5 Å². The summed E-state index contributed by atoms with van der Waals surface area (Å²) in [5.41, 5.74) is 2.41. The van der Waals surface area contributed by atoms with Crippen LogP contribution >= 0.6 is 11.3 Å². The van der Waals surface area contributed by atoms with Crippen molar-refractivity contribution in [3.8, 4) is 0 Å². The molecule has 2 atom stereocenters. The van der Waals surface area contributed by atoms with Gasteiger partial charge in [0.15, 0.2) is 10.8 Å². The minimum Gasteiger partial charge on any atom is -0.361 e. The molecule has 1 aliphatic heterocycles. The van der Waals surface area contributed by atoms with Crippen molar-refractivity contribution in [2.75, 3.05) is 31.6 Å². The van der Waals surface area contributed by atoms with Crippen molar-refractivity contribution >= 4 is 33.2 Å². The van der Waals surface area contributed by atoms with Crippen LogP contribution in [-0.4, -0.2) is 58.6 Å². The Labute approximate surface area is 169 Å². The average Bonchev–Trinajstić information content (AvgIpc) is 3.32. The molecule has 28 heavy (non-hydrogen) atoms. The highest BCUT2D eigenvalue weighted by Gasteiger charge is 2.25. The summed E-state index contributed by atoms with van der Waals surface area (Å²) >= 11 is 1.43. The van der Waals surface area contributed by atoms with Gasteiger partial charge in [-0.1, -0.05) is 36.5 Å². The molecule has 7 heteroatoms. The number of fused-ring (bicyclic) bond motifs is 1. The van der Waals surface area contributed by atoms with E-state index in [9.17, 15) is 4.79 Å². The molecule has 1 fully saturated rings. The van der Waals surface area contributed by atoms with Gasteiger partial charge in [-0.2, -0.15) is 0 Å². The van der Waals surface area contributed by atoms with Gasteiger partial charge in [-0.3, -0.25) is 4.79 Å². The van der Waals surface area contributed by atoms with E-state index in [1.807, 2.05) is 6.07 Å². The van der Waals surface area contributed by atoms with Gasteiger partial charge in [0.05, 0.1) is 0 Å². The standard InChI is InChI=1S/C21H27N5OS/c1-14(10-16-12-22-18-7-5-4-6-17(16)18)11-19(27)20-23-24-21(28-20)26-9-8-25(3)15(2)13-26/h4-7,12,14-15,22H,8-11,13H2,1-3H3. The summed E-state index contributed by atoms with van der Waals surface area (Å²) in [6, 6.07) is 8.77. The number of H-pyrrole nitrogens is 1. The van der Waals surface area contributed by atoms with E-state index in [1.165, 1.54) is 22.3 Å². The van der Waals surface area contributed by atoms with Crippen molar-refractivity contribution in [1.29, 1.82) is 0 Å². The summed E-state index contributed by atoms with van der Waals surface area (Å²) in [4.78, 5) is 20.6. The fourth-order valence-electron chi connectivity index (χ4n) is 3.83. The van der Waals surface area contributed by atoms with Crippen molar-refractivity contribution in [2.45, 2.75) is 32.7 Å². The number of likely N-dealkylation sites (N-methyl/N-ethyl adjacent to an activating group) is 1. The van der Waals surface area contributed by atoms with Gasteiger partial charge in [0, 0.05) is 49.2 Å². The number of hydrogen-bond acceptors (Lipinski definition) is 6. The molecule has 0 spiro atoms. The Morgan fingerprint density at radius 3 is 2.96 bits per heavy atom. The molecule has 1 aliphatic rings. The highest BCUT2D eigenvalue weighted by molar-refractivity contribution is 7.17. The molecule has 1 aromatic carbocycles. The number of benzene rings is 1. The monoisotopic (exact) mass is 397 g/mol. The number of piperazine rings is 1. The molecule has 0 radical (unpaired) electrons. The SMILES string of the molecule is CC(CC(=O)c1nnc(N2CCN(C)C(C)C2)s1)Cc1c[nH]c2ccccc12. The zero-order chi connectivity index (χ0) is 19.7. The lowest BCUT2D eigenvalue weighted by atomic mass is 9.96. The lowest BCUT2D eigenvalue weighted by Gasteiger charge is -2.37. The Morgan fingerprint density at radius 2 is 2.14 bits per heavy atom. The third kappa shape index (κ3) is 3.95. The van der Waals surface area contributed by atoms with Gasteiger partial charge < -0.3 is 14.8 Å². The first-order valence-corrected chi connectivity index (χ1v) is 10.7. The predicted octanol–water partition coefficient (Wildman–Crippen LogP) is 3.61. The first-order valence-electron chi connectivity index (χ1n) is 9.88. The number of para-hydroxylation sites is 1. The third-order valence-electron chi connectivity index (χ3n) is 5.66. The Hall–Kier alpha value is -2.25. The van der Waals surface area contributed by atoms with Crippen LogP contribution in [0, 0.1) is 5.92 Å². The van der Waals surface area contributed by atoms with Gasteiger partial charge >= 0.3 is 0 Å². The average molecular weight is 398 g/mol. The van der Waals surface area contributed by atoms with Gasteiger partial charge in [-0.05, 0) is 37.9 Å². The molecular formula is C21H27N5OS. The molecule has 1 N–H and O–H groups in total. The molecule has 0 amide bonds. The second-order valence-corrected chi connectivity index (χ2v) is 8.92. The first-order chi connectivity index (χ1) is 13.5. The normalized spacial score (nSPS) is 19.2. The number of carbonyl (C=O) groups excluding carboxylic acids is 1. The van der Waals surface area contributed by atoms with Gasteiger partial charge in [-0.15, -0.1) is 10.2 Å². The first kappa shape index (κ1) is 19.1. The topological polar surface area (TPSA) is 65.1 Å². The molecule has 0 bridgehead atoms. The third-order valence-corrected chi connectivity index (χ3v) is 6.69. The predicted molar refractivity (Wildman–Crippen MR) is 114 cm³/mol. The summed E-state index contributed by atoms with van der Waals surface area (Å²) in [5.74, 6) is 0.348. The molecule has 3 aromatic rings. The smallest absolute Gasteiger partial charge is 0.208 e. The molecule has 3 heterocycles. The van der Waals surface area contributed by atoms with Gasteiger partial charge in [0.25, 0.3) is 0 Å². The molecule has 148 valence electrons. The number of ketones is 1. The minimum atomic E-state index is 0.0956. The second-order valence-electron chi connectivity index (χ2n) is 7.96. The molecule has 1 saturated heterocycles. The summed E-state index contributed by atoms with van der Waals surface area (Å²) in [6.07, 6.45) is 3.42. The Balaban J connectivity index is 1.38. The number of hydrogen-bond donors (Lipinski definition) is 1. The van der Waals surface area contributed by atoms with Gasteiger partial charge in [-0.25, -0.2) is 0 Å². The number of anilines is 1. The van der Waals surface area contributed by atoms with Crippen LogP contribution in [-0.2, 0) is 6.42 Å². The lowest BCUT2D eigenvalue weighted by Crippen LogP contribution is -2.50. The summed E-state index contributed by atoms with van der Waals surface area (Å²) in [7, 11) is 2.14. The van der Waals surface area contributed by atoms with E-state index in [4.69, 9.17) is 0 Å². The van der Waals surface area contributed by atoms with Crippen LogP contribution < -0.4 is 4.90 Å². The highest BCUT2D eigenvalue weighted by atomic mass is 32.1. The summed E-state index contributed by atoms with van der Waals surface area (Å²) < 4.78 is 0. The van der Waals surface area contributed by atoms with Crippen molar-refractivity contribution in [1.82, 2.24) is 20.1 Å². The number of carbonyl (C=O) groups is 1. The van der Waals surface area contributed by atoms with E-state index in [0.717, 1.165) is 36.7 Å². The fourth-order valence-corrected chi connectivity index (χ4v) is 4.66. The van der Waals surface area contributed by atoms with Gasteiger partial charge in [0.1, 0.15) is 0 Å². The zero-order valence-corrected chi connectivity index (χ0v) is 17.5. The molecular weight excluding hydrogens is 370 g/mol. The van der Waals surface area contributed by atoms with Crippen LogP contribution in [0.1, 0.15) is 35.6 Å². The fraction of sp³-hybridized carbons (Fsp3) is 0.476. The maximum atomic E-state index is 12.7. The second kappa shape index (κ2) is 8.01. The van der Waals surface area contributed by atoms with Crippen molar-refractivity contribution in [3.63, 3.8) is 0 Å². The molecule has 2 aromatic heterocycles. The van der Waals surface area contributed by atoms with E-state index in [-0.39, 0.29) is 11.7 Å². The molecule has 2 unspecified atom stereocenters. The molecule has 0 saturated carbocycles. The number of Topliss-reactive ketones (excluding diaryl/α,β-unsaturated/α-hetero) is 1. The quantitative estimate of drug-likeness (QED) is 0.644. The van der Waals surface area contributed by atoms with Crippen LogP contribution in [0.25, 0.3) is 10.9 Å². The van der Waals surface area contributed by atoms with Crippen LogP contribution in [0.3, 0.4) is 0 Å². The van der Waals surface area contributed by atoms with E-state index in [2.05, 4.69) is 70.3 Å². The maximum absolute atomic E-state index is 12.7. The molecule has 6 nitrogen and oxygen atoms in total. The van der Waals surface area contributed by atoms with Crippen LogP contribution in [0.5, 0.6) is 0 Å². The summed E-state index contributed by atoms with van der Waals surface area (Å²) in [6.45, 7) is 7.21. The number of rotatable bonds is 6. The Kier molecular flexibility index (Phi) is 5.46. The van der Waals surface area contributed by atoms with Crippen molar-refractivity contribution in [3.05, 3.63) is 41.0 Å². The Morgan fingerprint density at radius 1 is 1.32 bits per heavy atom. The summed E-state index contributed by atoms with van der Waals surface area (Å²) in [5, 5.41) is 11.1. The van der Waals surface area contributed by atoms with E-state index < -0.39 is 0 Å². The highest BCUT2D eigenvalue weighted by Crippen LogP contribution is 2.26. The molecule has 0 aliphatic carbocycles. The number of aromatic nitrogens is 3. The van der Waals surface area contributed by atoms with E-state index >= 15 is 0 Å². The minimum absolute atomic E-state index is 0.0956. The van der Waals surface area contributed by atoms with E-state index in [1.54, 1.807) is 0 Å². The zero-order valence-electron chi connectivity index (χ0n) is 16.7. The van der Waals surface area contributed by atoms with Crippen molar-refractivity contribution < 1.29 is 4.79 Å². The van der Waals surface area contributed by atoms with Crippen molar-refractivity contribution in [2.24, 2.45) is 5.92 Å². The number of aromatic amines is 1. The number of nitrogens with one attached hydrogen (secondary N) is 1. The van der Waals surface area contributed by atoms with Crippen LogP contribution in [0.4, 0.5) is 5.13 Å². The largest absolute Gasteiger partial charge is 0.361 e. The Bertz CT molecular complexity index is 965. The van der Waals surface area contributed by atoms with Gasteiger partial charge in [0.2, 0.25) is 5.13 Å². The molecule has 4 rings (SSSR count). The van der Waals surface area contributed by atoms with Crippen LogP contribution in [0.2, 0.25) is 0 Å². The lowest BCUT2D eigenvalue weighted by molar-refractivity contribution is 0.0963. The number of nitrogens with zero attached hydrogens (tertiary/aromatic N) is 4. The maximum Gasteiger partial charge on any atom is 0.208 e.